The smallest absolute Gasteiger partial charge is 0.231 e. The molecular weight excluding hydrogens is 274 g/mol. The molecule has 0 aliphatic heterocycles. The normalized spacial score (nSPS) is 16.6. The molecule has 0 bridgehead atoms. The zero-order valence-electron chi connectivity index (χ0n) is 13.3. The van der Waals surface area contributed by atoms with Gasteiger partial charge in [-0.1, -0.05) is 42.7 Å². The maximum absolute atomic E-state index is 12.9. The van der Waals surface area contributed by atoms with Crippen molar-refractivity contribution >= 4 is 5.91 Å². The number of benzene rings is 1. The van der Waals surface area contributed by atoms with Gasteiger partial charge in [-0.3, -0.25) is 4.79 Å². The number of amides is 1. The van der Waals surface area contributed by atoms with Crippen molar-refractivity contribution in [2.24, 2.45) is 7.05 Å². The zero-order valence-corrected chi connectivity index (χ0v) is 13.3. The maximum atomic E-state index is 12.9. The van der Waals surface area contributed by atoms with Gasteiger partial charge in [-0.2, -0.15) is 0 Å². The number of rotatable bonds is 4. The Bertz CT molecular complexity index is 668. The molecule has 116 valence electrons. The molecule has 1 saturated carbocycles. The number of carbonyl (C=O) groups excluding carboxylic acids is 1. The number of hydrogen-bond acceptors (Lipinski definition) is 2. The molecule has 1 N–H and O–H groups in total. The second-order valence-electron chi connectivity index (χ2n) is 6.30. The van der Waals surface area contributed by atoms with Crippen LogP contribution in [0.3, 0.4) is 0 Å². The van der Waals surface area contributed by atoms with Gasteiger partial charge in [0.15, 0.2) is 0 Å². The van der Waals surface area contributed by atoms with Crippen molar-refractivity contribution in [2.45, 2.75) is 44.6 Å². The molecule has 1 heterocycles. The Morgan fingerprint density at radius 1 is 1.36 bits per heavy atom. The first-order valence-electron chi connectivity index (χ1n) is 7.93. The van der Waals surface area contributed by atoms with Crippen molar-refractivity contribution in [3.05, 3.63) is 53.6 Å². The Morgan fingerprint density at radius 2 is 2.14 bits per heavy atom. The van der Waals surface area contributed by atoms with Crippen LogP contribution in [-0.4, -0.2) is 15.5 Å². The van der Waals surface area contributed by atoms with Crippen LogP contribution in [0.1, 0.15) is 42.6 Å². The Balaban J connectivity index is 1.81. The fourth-order valence-electron chi connectivity index (χ4n) is 3.46. The molecule has 1 aliphatic carbocycles. The minimum absolute atomic E-state index is 0.138. The first-order chi connectivity index (χ1) is 10.6. The van der Waals surface area contributed by atoms with Gasteiger partial charge in [0.2, 0.25) is 5.91 Å². The lowest BCUT2D eigenvalue weighted by Gasteiger charge is -2.28. The fraction of sp³-hybridized carbons (Fsp3) is 0.444. The third-order valence-corrected chi connectivity index (χ3v) is 4.79. The molecule has 1 aliphatic rings. The predicted octanol–water partition coefficient (Wildman–Crippen LogP) is 2.86. The number of nitrogens with one attached hydrogen (secondary N) is 1. The largest absolute Gasteiger partial charge is 0.348 e. The summed E-state index contributed by atoms with van der Waals surface area (Å²) in [5.74, 6) is 1.02. The van der Waals surface area contributed by atoms with E-state index in [4.69, 9.17) is 0 Å². The van der Waals surface area contributed by atoms with Crippen LogP contribution in [-0.2, 0) is 23.8 Å². The molecular formula is C18H23N3O. The topological polar surface area (TPSA) is 46.9 Å². The minimum Gasteiger partial charge on any atom is -0.348 e. The van der Waals surface area contributed by atoms with E-state index in [1.54, 1.807) is 6.20 Å². The molecule has 0 saturated heterocycles. The summed E-state index contributed by atoms with van der Waals surface area (Å²) in [5.41, 5.74) is 2.00. The molecule has 1 fully saturated rings. The van der Waals surface area contributed by atoms with E-state index >= 15 is 0 Å². The number of carbonyl (C=O) groups is 1. The van der Waals surface area contributed by atoms with Gasteiger partial charge < -0.3 is 9.88 Å². The summed E-state index contributed by atoms with van der Waals surface area (Å²) in [6.07, 6.45) is 7.75. The number of aromatic nitrogens is 2. The van der Waals surface area contributed by atoms with Crippen LogP contribution in [0.15, 0.2) is 36.7 Å². The standard InChI is InChI=1S/C18H23N3O/c1-14-6-5-7-15(12-14)18(8-3-4-9-18)17(22)20-13-16-19-10-11-21(16)2/h5-7,10-12H,3-4,8-9,13H2,1-2H3,(H,20,22). The van der Waals surface area contributed by atoms with Crippen LogP contribution >= 0.6 is 0 Å². The number of imidazole rings is 1. The Hall–Kier alpha value is -2.10. The Labute approximate surface area is 131 Å². The summed E-state index contributed by atoms with van der Waals surface area (Å²) in [7, 11) is 1.94. The van der Waals surface area contributed by atoms with Crippen LogP contribution < -0.4 is 5.32 Å². The van der Waals surface area contributed by atoms with Crippen LogP contribution in [0.25, 0.3) is 0 Å². The average Bonchev–Trinajstić information content (AvgIpc) is 3.15. The number of nitrogens with zero attached hydrogens (tertiary/aromatic N) is 2. The van der Waals surface area contributed by atoms with Gasteiger partial charge in [0.25, 0.3) is 0 Å². The Kier molecular flexibility index (Phi) is 4.01. The SMILES string of the molecule is Cc1cccc(C2(C(=O)NCc3nccn3C)CCCC2)c1. The summed E-state index contributed by atoms with van der Waals surface area (Å²) in [6.45, 7) is 2.56. The van der Waals surface area contributed by atoms with E-state index in [1.807, 2.05) is 17.8 Å². The summed E-state index contributed by atoms with van der Waals surface area (Å²) in [6, 6.07) is 8.39. The van der Waals surface area contributed by atoms with Crippen molar-refractivity contribution in [3.63, 3.8) is 0 Å². The first kappa shape index (κ1) is 14.8. The summed E-state index contributed by atoms with van der Waals surface area (Å²) in [4.78, 5) is 17.2. The molecule has 4 heteroatoms. The molecule has 22 heavy (non-hydrogen) atoms. The molecule has 1 aromatic heterocycles. The van der Waals surface area contributed by atoms with Crippen LogP contribution in [0.2, 0.25) is 0 Å². The highest BCUT2D eigenvalue weighted by molar-refractivity contribution is 5.88. The molecule has 0 atom stereocenters. The molecule has 0 radical (unpaired) electrons. The lowest BCUT2D eigenvalue weighted by molar-refractivity contribution is -0.126. The summed E-state index contributed by atoms with van der Waals surface area (Å²) < 4.78 is 1.94. The average molecular weight is 297 g/mol. The van der Waals surface area contributed by atoms with E-state index in [0.717, 1.165) is 37.1 Å². The molecule has 1 aromatic carbocycles. The van der Waals surface area contributed by atoms with Gasteiger partial charge >= 0.3 is 0 Å². The summed E-state index contributed by atoms with van der Waals surface area (Å²) >= 11 is 0. The lowest BCUT2D eigenvalue weighted by Crippen LogP contribution is -2.42. The highest BCUT2D eigenvalue weighted by atomic mass is 16.2. The van der Waals surface area contributed by atoms with Gasteiger partial charge in [0, 0.05) is 19.4 Å². The highest BCUT2D eigenvalue weighted by Gasteiger charge is 2.42. The third kappa shape index (κ3) is 2.65. The monoisotopic (exact) mass is 297 g/mol. The van der Waals surface area contributed by atoms with Crippen LogP contribution in [0.4, 0.5) is 0 Å². The van der Waals surface area contributed by atoms with Crippen molar-refractivity contribution in [1.29, 1.82) is 0 Å². The first-order valence-corrected chi connectivity index (χ1v) is 7.93. The molecule has 1 amide bonds. The van der Waals surface area contributed by atoms with Crippen LogP contribution in [0.5, 0.6) is 0 Å². The fourth-order valence-corrected chi connectivity index (χ4v) is 3.46. The molecule has 3 rings (SSSR count). The van der Waals surface area contributed by atoms with Crippen molar-refractivity contribution < 1.29 is 4.79 Å². The van der Waals surface area contributed by atoms with Crippen LogP contribution in [0, 0.1) is 6.92 Å². The molecule has 0 unspecified atom stereocenters. The second-order valence-corrected chi connectivity index (χ2v) is 6.30. The van der Waals surface area contributed by atoms with Gasteiger partial charge in [-0.05, 0) is 25.3 Å². The van der Waals surface area contributed by atoms with E-state index in [9.17, 15) is 4.79 Å². The van der Waals surface area contributed by atoms with Crippen molar-refractivity contribution in [2.75, 3.05) is 0 Å². The van der Waals surface area contributed by atoms with Crippen molar-refractivity contribution in [3.8, 4) is 0 Å². The minimum atomic E-state index is -0.364. The Morgan fingerprint density at radius 3 is 2.77 bits per heavy atom. The second kappa shape index (κ2) is 5.95. The van der Waals surface area contributed by atoms with Gasteiger partial charge in [0.05, 0.1) is 12.0 Å². The van der Waals surface area contributed by atoms with E-state index < -0.39 is 0 Å². The predicted molar refractivity (Wildman–Crippen MR) is 86.4 cm³/mol. The number of aryl methyl sites for hydroxylation is 2. The maximum Gasteiger partial charge on any atom is 0.231 e. The van der Waals surface area contributed by atoms with Gasteiger partial charge in [-0.15, -0.1) is 0 Å². The summed E-state index contributed by atoms with van der Waals surface area (Å²) in [5, 5.41) is 3.10. The molecule has 4 nitrogen and oxygen atoms in total. The number of hydrogen-bond donors (Lipinski definition) is 1. The van der Waals surface area contributed by atoms with E-state index in [-0.39, 0.29) is 11.3 Å². The van der Waals surface area contributed by atoms with Crippen molar-refractivity contribution in [1.82, 2.24) is 14.9 Å². The van der Waals surface area contributed by atoms with E-state index in [1.165, 1.54) is 5.56 Å². The lowest BCUT2D eigenvalue weighted by atomic mass is 9.77. The molecule has 2 aromatic rings. The quantitative estimate of drug-likeness (QED) is 0.943. The molecule has 0 spiro atoms. The zero-order chi connectivity index (χ0) is 15.6. The van der Waals surface area contributed by atoms with E-state index in [0.29, 0.717) is 6.54 Å². The third-order valence-electron chi connectivity index (χ3n) is 4.79. The highest BCUT2D eigenvalue weighted by Crippen LogP contribution is 2.41. The van der Waals surface area contributed by atoms with E-state index in [2.05, 4.69) is 41.5 Å². The van der Waals surface area contributed by atoms with Gasteiger partial charge in [-0.25, -0.2) is 4.98 Å². The van der Waals surface area contributed by atoms with Gasteiger partial charge in [0.1, 0.15) is 5.82 Å².